The van der Waals surface area contributed by atoms with Gasteiger partial charge in [-0.1, -0.05) is 23.7 Å². The van der Waals surface area contributed by atoms with Crippen LogP contribution in [0.5, 0.6) is 0 Å². The highest BCUT2D eigenvalue weighted by Gasteiger charge is 2.39. The summed E-state index contributed by atoms with van der Waals surface area (Å²) >= 11 is 5.70. The molecule has 16 heavy (non-hydrogen) atoms. The normalized spacial score (nSPS) is 14.1. The van der Waals surface area contributed by atoms with Crippen molar-refractivity contribution in [3.63, 3.8) is 0 Å². The summed E-state index contributed by atoms with van der Waals surface area (Å²) in [5, 5.41) is 9.55. The lowest BCUT2D eigenvalue weighted by molar-refractivity contribution is -0.153. The molecule has 0 heterocycles. The van der Waals surface area contributed by atoms with Crippen LogP contribution in [0.3, 0.4) is 0 Å². The molecule has 1 atom stereocenters. The molecule has 1 rings (SSSR count). The van der Waals surface area contributed by atoms with Crippen LogP contribution >= 0.6 is 11.6 Å². The Hall–Kier alpha value is -1.55. The van der Waals surface area contributed by atoms with Gasteiger partial charge < -0.3 is 10.8 Å². The molecule has 1 amide bonds. The van der Waals surface area contributed by atoms with Gasteiger partial charge in [-0.2, -0.15) is 0 Å². The van der Waals surface area contributed by atoms with E-state index in [4.69, 9.17) is 22.4 Å². The standard InChI is InChI=1S/C11H12ClNO3/c1-11(9(13)14,10(15)16)6-7-2-4-8(12)5-3-7/h2-5H,6H2,1H3,(H2,13,14)(H,15,16)/t11-/m1/s1. The molecular weight excluding hydrogens is 230 g/mol. The lowest BCUT2D eigenvalue weighted by atomic mass is 9.83. The van der Waals surface area contributed by atoms with E-state index in [1.807, 2.05) is 0 Å². The number of primary amides is 1. The Morgan fingerprint density at radius 3 is 2.25 bits per heavy atom. The van der Waals surface area contributed by atoms with Crippen LogP contribution in [0.1, 0.15) is 12.5 Å². The van der Waals surface area contributed by atoms with Gasteiger partial charge >= 0.3 is 5.97 Å². The average Bonchev–Trinajstić information content (AvgIpc) is 2.20. The van der Waals surface area contributed by atoms with Crippen molar-refractivity contribution in [2.75, 3.05) is 0 Å². The fourth-order valence-corrected chi connectivity index (χ4v) is 1.40. The van der Waals surface area contributed by atoms with Gasteiger partial charge in [0.2, 0.25) is 5.91 Å². The number of carbonyl (C=O) groups excluding carboxylic acids is 1. The third kappa shape index (κ3) is 2.52. The number of carbonyl (C=O) groups is 2. The quantitative estimate of drug-likeness (QED) is 0.783. The van der Waals surface area contributed by atoms with Gasteiger partial charge in [0.15, 0.2) is 0 Å². The van der Waals surface area contributed by atoms with Crippen molar-refractivity contribution in [3.05, 3.63) is 34.9 Å². The molecule has 0 unspecified atom stereocenters. The molecule has 0 fully saturated rings. The Morgan fingerprint density at radius 2 is 1.88 bits per heavy atom. The van der Waals surface area contributed by atoms with E-state index in [9.17, 15) is 9.59 Å². The van der Waals surface area contributed by atoms with Gasteiger partial charge in [-0.3, -0.25) is 9.59 Å². The van der Waals surface area contributed by atoms with E-state index in [-0.39, 0.29) is 6.42 Å². The molecule has 0 saturated heterocycles. The molecule has 1 aromatic rings. The van der Waals surface area contributed by atoms with Crippen molar-refractivity contribution >= 4 is 23.5 Å². The van der Waals surface area contributed by atoms with Crippen molar-refractivity contribution in [1.29, 1.82) is 0 Å². The van der Waals surface area contributed by atoms with Crippen LogP contribution in [0.4, 0.5) is 0 Å². The van der Waals surface area contributed by atoms with Crippen LogP contribution in [0.15, 0.2) is 24.3 Å². The maximum atomic E-state index is 11.1. The highest BCUT2D eigenvalue weighted by molar-refractivity contribution is 6.30. The molecule has 0 radical (unpaired) electrons. The van der Waals surface area contributed by atoms with E-state index >= 15 is 0 Å². The lowest BCUT2D eigenvalue weighted by Crippen LogP contribution is -2.43. The predicted octanol–water partition coefficient (Wildman–Crippen LogP) is 1.46. The number of carboxylic acids is 1. The van der Waals surface area contributed by atoms with Gasteiger partial charge in [-0.05, 0) is 31.0 Å². The minimum absolute atomic E-state index is 0.0504. The summed E-state index contributed by atoms with van der Waals surface area (Å²) in [6, 6.07) is 6.62. The Morgan fingerprint density at radius 1 is 1.38 bits per heavy atom. The van der Waals surface area contributed by atoms with Crippen molar-refractivity contribution in [3.8, 4) is 0 Å². The van der Waals surface area contributed by atoms with Gasteiger partial charge in [0.25, 0.3) is 0 Å². The van der Waals surface area contributed by atoms with Crippen molar-refractivity contribution < 1.29 is 14.7 Å². The first-order valence-corrected chi connectivity index (χ1v) is 5.02. The number of halogens is 1. The highest BCUT2D eigenvalue weighted by atomic mass is 35.5. The minimum atomic E-state index is -1.59. The maximum absolute atomic E-state index is 11.1. The van der Waals surface area contributed by atoms with E-state index in [0.717, 1.165) is 0 Å². The van der Waals surface area contributed by atoms with Gasteiger partial charge in [0.1, 0.15) is 5.41 Å². The smallest absolute Gasteiger partial charge is 0.319 e. The molecule has 5 heteroatoms. The first kappa shape index (κ1) is 12.5. The molecule has 0 aliphatic heterocycles. The fourth-order valence-electron chi connectivity index (χ4n) is 1.28. The Bertz CT molecular complexity index is 400. The summed E-state index contributed by atoms with van der Waals surface area (Å²) in [5.41, 5.74) is 4.22. The number of carboxylic acid groups (broad SMARTS) is 1. The number of benzene rings is 1. The molecule has 4 nitrogen and oxygen atoms in total. The van der Waals surface area contributed by atoms with Crippen molar-refractivity contribution in [1.82, 2.24) is 0 Å². The number of nitrogens with two attached hydrogens (primary N) is 1. The van der Waals surface area contributed by atoms with E-state index in [1.165, 1.54) is 6.92 Å². The summed E-state index contributed by atoms with van der Waals surface area (Å²) < 4.78 is 0. The zero-order valence-electron chi connectivity index (χ0n) is 8.74. The Balaban J connectivity index is 2.97. The van der Waals surface area contributed by atoms with Crippen LogP contribution in [-0.4, -0.2) is 17.0 Å². The van der Waals surface area contributed by atoms with Gasteiger partial charge in [-0.15, -0.1) is 0 Å². The van der Waals surface area contributed by atoms with E-state index in [1.54, 1.807) is 24.3 Å². The zero-order valence-corrected chi connectivity index (χ0v) is 9.49. The summed E-state index contributed by atoms with van der Waals surface area (Å²) in [6.45, 7) is 1.31. The monoisotopic (exact) mass is 241 g/mol. The molecule has 0 aliphatic carbocycles. The zero-order chi connectivity index (χ0) is 12.3. The van der Waals surface area contributed by atoms with E-state index in [0.29, 0.717) is 10.6 Å². The van der Waals surface area contributed by atoms with Crippen molar-refractivity contribution in [2.24, 2.45) is 11.1 Å². The van der Waals surface area contributed by atoms with Crippen LogP contribution < -0.4 is 5.73 Å². The third-order valence-corrected chi connectivity index (χ3v) is 2.74. The molecule has 0 bridgehead atoms. The van der Waals surface area contributed by atoms with Crippen LogP contribution in [0, 0.1) is 5.41 Å². The van der Waals surface area contributed by atoms with Crippen LogP contribution in [0.25, 0.3) is 0 Å². The molecule has 86 valence electrons. The number of hydrogen-bond donors (Lipinski definition) is 2. The first-order chi connectivity index (χ1) is 7.36. The van der Waals surface area contributed by atoms with Gasteiger partial charge in [0.05, 0.1) is 0 Å². The molecule has 3 N–H and O–H groups in total. The topological polar surface area (TPSA) is 80.4 Å². The van der Waals surface area contributed by atoms with E-state index in [2.05, 4.69) is 0 Å². The van der Waals surface area contributed by atoms with Crippen LogP contribution in [-0.2, 0) is 16.0 Å². The maximum Gasteiger partial charge on any atom is 0.319 e. The van der Waals surface area contributed by atoms with Crippen LogP contribution in [0.2, 0.25) is 5.02 Å². The average molecular weight is 242 g/mol. The Labute approximate surface area is 98.0 Å². The second-order valence-electron chi connectivity index (χ2n) is 3.80. The van der Waals surface area contributed by atoms with E-state index < -0.39 is 17.3 Å². The SMILES string of the molecule is C[C@@](Cc1ccc(Cl)cc1)(C(N)=O)C(=O)O. The number of aliphatic carboxylic acids is 1. The largest absolute Gasteiger partial charge is 0.480 e. The molecule has 0 aromatic heterocycles. The molecular formula is C11H12ClNO3. The second-order valence-corrected chi connectivity index (χ2v) is 4.24. The minimum Gasteiger partial charge on any atom is -0.480 e. The molecule has 0 aliphatic rings. The predicted molar refractivity (Wildman–Crippen MR) is 60.1 cm³/mol. The number of rotatable bonds is 4. The third-order valence-electron chi connectivity index (χ3n) is 2.49. The second kappa shape index (κ2) is 4.53. The molecule has 1 aromatic carbocycles. The molecule has 0 spiro atoms. The molecule has 0 saturated carbocycles. The number of amides is 1. The Kier molecular flexibility index (Phi) is 3.55. The van der Waals surface area contributed by atoms with Gasteiger partial charge in [-0.25, -0.2) is 0 Å². The summed E-state index contributed by atoms with van der Waals surface area (Å²) in [4.78, 5) is 22.2. The number of hydrogen-bond acceptors (Lipinski definition) is 2. The fraction of sp³-hybridized carbons (Fsp3) is 0.273. The first-order valence-electron chi connectivity index (χ1n) is 4.64. The summed E-state index contributed by atoms with van der Waals surface area (Å²) in [6.07, 6.45) is 0.0504. The lowest BCUT2D eigenvalue weighted by Gasteiger charge is -2.20. The summed E-state index contributed by atoms with van der Waals surface area (Å²) in [7, 11) is 0. The van der Waals surface area contributed by atoms with Crippen molar-refractivity contribution in [2.45, 2.75) is 13.3 Å². The highest BCUT2D eigenvalue weighted by Crippen LogP contribution is 2.23. The van der Waals surface area contributed by atoms with Gasteiger partial charge in [0, 0.05) is 5.02 Å². The summed E-state index contributed by atoms with van der Waals surface area (Å²) in [5.74, 6) is -2.08.